The second-order valence-corrected chi connectivity index (χ2v) is 6.05. The number of hydrogen-bond donors (Lipinski definition) is 0. The number of carbonyl (C=O) groups excluding carboxylic acids is 2. The molecule has 0 bridgehead atoms. The van der Waals surface area contributed by atoms with Crippen LogP contribution in [0.15, 0.2) is 28.7 Å². The number of esters is 1. The van der Waals surface area contributed by atoms with Crippen LogP contribution in [0.2, 0.25) is 0 Å². The van der Waals surface area contributed by atoms with Gasteiger partial charge in [-0.1, -0.05) is 0 Å². The third kappa shape index (κ3) is 3.87. The highest BCUT2D eigenvalue weighted by molar-refractivity contribution is 5.95. The maximum atomic E-state index is 12.7. The minimum Gasteiger partial charge on any atom is -0.466 e. The van der Waals surface area contributed by atoms with Gasteiger partial charge in [0.05, 0.1) is 12.5 Å². The molecule has 2 heterocycles. The number of hydrogen-bond acceptors (Lipinski definition) is 6. The average molecular weight is 343 g/mol. The van der Waals surface area contributed by atoms with Crippen molar-refractivity contribution in [1.29, 1.82) is 0 Å². The molecule has 1 amide bonds. The van der Waals surface area contributed by atoms with E-state index in [1.807, 2.05) is 0 Å². The molecule has 1 aromatic heterocycles. The van der Waals surface area contributed by atoms with Crippen LogP contribution >= 0.6 is 0 Å². The Labute approximate surface area is 146 Å². The number of ether oxygens (including phenoxy) is 1. The van der Waals surface area contributed by atoms with E-state index in [-0.39, 0.29) is 17.8 Å². The highest BCUT2D eigenvalue weighted by Crippen LogP contribution is 2.22. The summed E-state index contributed by atoms with van der Waals surface area (Å²) in [5.74, 6) is 0.382. The molecule has 0 N–H and O–H groups in total. The smallest absolute Gasteiger partial charge is 0.310 e. The van der Waals surface area contributed by atoms with Crippen LogP contribution < -0.4 is 0 Å². The SMILES string of the molecule is CCOC(=O)C1CCCN(C(=O)c2ccc(-c3nnc(C)o3)cc2)C1. The minimum atomic E-state index is -0.238. The molecule has 7 heteroatoms. The molecule has 1 aliphatic heterocycles. The first-order valence-electron chi connectivity index (χ1n) is 8.45. The fourth-order valence-corrected chi connectivity index (χ4v) is 2.97. The largest absolute Gasteiger partial charge is 0.466 e. The molecule has 1 unspecified atom stereocenters. The van der Waals surface area contributed by atoms with Crippen LogP contribution in [0.25, 0.3) is 11.5 Å². The summed E-state index contributed by atoms with van der Waals surface area (Å²) in [5.41, 5.74) is 1.34. The molecule has 3 rings (SSSR count). The summed E-state index contributed by atoms with van der Waals surface area (Å²) in [6.45, 7) is 4.93. The molecule has 0 saturated carbocycles. The van der Waals surface area contributed by atoms with E-state index in [2.05, 4.69) is 10.2 Å². The summed E-state index contributed by atoms with van der Waals surface area (Å²) in [4.78, 5) is 26.3. The van der Waals surface area contributed by atoms with Crippen molar-refractivity contribution in [3.8, 4) is 11.5 Å². The fraction of sp³-hybridized carbons (Fsp3) is 0.444. The van der Waals surface area contributed by atoms with Crippen molar-refractivity contribution >= 4 is 11.9 Å². The lowest BCUT2D eigenvalue weighted by molar-refractivity contribution is -0.149. The highest BCUT2D eigenvalue weighted by atomic mass is 16.5. The van der Waals surface area contributed by atoms with E-state index in [1.165, 1.54) is 0 Å². The molecule has 0 spiro atoms. The Morgan fingerprint density at radius 1 is 1.28 bits per heavy atom. The molecule has 25 heavy (non-hydrogen) atoms. The van der Waals surface area contributed by atoms with Gasteiger partial charge in [-0.25, -0.2) is 0 Å². The van der Waals surface area contributed by atoms with E-state index in [4.69, 9.17) is 9.15 Å². The topological polar surface area (TPSA) is 85.5 Å². The van der Waals surface area contributed by atoms with Crippen molar-refractivity contribution in [3.63, 3.8) is 0 Å². The molecular formula is C18H21N3O4. The van der Waals surface area contributed by atoms with Gasteiger partial charge in [0.1, 0.15) is 0 Å². The number of aryl methyl sites for hydroxylation is 1. The summed E-state index contributed by atoms with van der Waals surface area (Å²) in [6.07, 6.45) is 1.56. The maximum Gasteiger partial charge on any atom is 0.310 e. The van der Waals surface area contributed by atoms with Gasteiger partial charge >= 0.3 is 5.97 Å². The molecular weight excluding hydrogens is 322 g/mol. The van der Waals surface area contributed by atoms with Crippen molar-refractivity contribution in [3.05, 3.63) is 35.7 Å². The molecule has 0 radical (unpaired) electrons. The lowest BCUT2D eigenvalue weighted by Crippen LogP contribution is -2.42. The Morgan fingerprint density at radius 3 is 2.68 bits per heavy atom. The van der Waals surface area contributed by atoms with Gasteiger partial charge in [-0.15, -0.1) is 10.2 Å². The second kappa shape index (κ2) is 7.46. The number of aromatic nitrogens is 2. The first-order chi connectivity index (χ1) is 12.1. The number of carbonyl (C=O) groups is 2. The monoisotopic (exact) mass is 343 g/mol. The molecule has 1 aromatic carbocycles. The molecule has 1 atom stereocenters. The number of nitrogens with zero attached hydrogens (tertiary/aromatic N) is 3. The molecule has 0 aliphatic carbocycles. The Bertz CT molecular complexity index is 754. The summed E-state index contributed by atoms with van der Waals surface area (Å²) in [5, 5.41) is 7.76. The lowest BCUT2D eigenvalue weighted by Gasteiger charge is -2.31. The van der Waals surface area contributed by atoms with Crippen LogP contribution in [0.5, 0.6) is 0 Å². The fourth-order valence-electron chi connectivity index (χ4n) is 2.97. The van der Waals surface area contributed by atoms with E-state index >= 15 is 0 Å². The highest BCUT2D eigenvalue weighted by Gasteiger charge is 2.29. The number of piperidine rings is 1. The van der Waals surface area contributed by atoms with Crippen molar-refractivity contribution in [2.45, 2.75) is 26.7 Å². The van der Waals surface area contributed by atoms with Crippen molar-refractivity contribution < 1.29 is 18.7 Å². The van der Waals surface area contributed by atoms with Crippen LogP contribution in [0.3, 0.4) is 0 Å². The Balaban J connectivity index is 1.69. The lowest BCUT2D eigenvalue weighted by atomic mass is 9.97. The molecule has 2 aromatic rings. The standard InChI is InChI=1S/C18H21N3O4/c1-3-24-18(23)15-5-4-10-21(11-15)17(22)14-8-6-13(7-9-14)16-20-19-12(2)25-16/h6-9,15H,3-5,10-11H2,1-2H3. The van der Waals surface area contributed by atoms with Gasteiger partial charge in [-0.05, 0) is 44.0 Å². The van der Waals surface area contributed by atoms with Crippen LogP contribution in [-0.4, -0.2) is 46.7 Å². The van der Waals surface area contributed by atoms with Gasteiger partial charge < -0.3 is 14.1 Å². The predicted octanol–water partition coefficient (Wildman–Crippen LogP) is 2.46. The number of likely N-dealkylation sites (tertiary alicyclic amines) is 1. The summed E-state index contributed by atoms with van der Waals surface area (Å²) < 4.78 is 10.5. The molecule has 132 valence electrons. The zero-order chi connectivity index (χ0) is 17.8. The van der Waals surface area contributed by atoms with Gasteiger partial charge in [0, 0.05) is 31.1 Å². The average Bonchev–Trinajstić information content (AvgIpc) is 3.08. The van der Waals surface area contributed by atoms with E-state index in [1.54, 1.807) is 43.0 Å². The third-order valence-electron chi connectivity index (χ3n) is 4.23. The van der Waals surface area contributed by atoms with E-state index in [9.17, 15) is 9.59 Å². The summed E-state index contributed by atoms with van der Waals surface area (Å²) >= 11 is 0. The molecule has 1 fully saturated rings. The van der Waals surface area contributed by atoms with Crippen molar-refractivity contribution in [2.24, 2.45) is 5.92 Å². The third-order valence-corrected chi connectivity index (χ3v) is 4.23. The van der Waals surface area contributed by atoms with Gasteiger partial charge in [0.15, 0.2) is 0 Å². The maximum absolute atomic E-state index is 12.7. The van der Waals surface area contributed by atoms with E-state index < -0.39 is 0 Å². The normalized spacial score (nSPS) is 17.4. The Hall–Kier alpha value is -2.70. The number of amides is 1. The van der Waals surface area contributed by atoms with Gasteiger partial charge in [-0.3, -0.25) is 9.59 Å². The number of benzene rings is 1. The van der Waals surface area contributed by atoms with E-state index in [0.717, 1.165) is 18.4 Å². The van der Waals surface area contributed by atoms with Gasteiger partial charge in [0.25, 0.3) is 5.91 Å². The van der Waals surface area contributed by atoms with Crippen LogP contribution in [0.1, 0.15) is 36.0 Å². The van der Waals surface area contributed by atoms with Crippen LogP contribution in [0, 0.1) is 12.8 Å². The second-order valence-electron chi connectivity index (χ2n) is 6.05. The summed E-state index contributed by atoms with van der Waals surface area (Å²) in [7, 11) is 0. The van der Waals surface area contributed by atoms with Gasteiger partial charge in [-0.2, -0.15) is 0 Å². The minimum absolute atomic E-state index is 0.0812. The van der Waals surface area contributed by atoms with Crippen molar-refractivity contribution in [2.75, 3.05) is 19.7 Å². The number of rotatable bonds is 4. The molecule has 1 saturated heterocycles. The predicted molar refractivity (Wildman–Crippen MR) is 89.7 cm³/mol. The first kappa shape index (κ1) is 17.1. The zero-order valence-corrected chi connectivity index (χ0v) is 14.4. The molecule has 1 aliphatic rings. The quantitative estimate of drug-likeness (QED) is 0.793. The van der Waals surface area contributed by atoms with E-state index in [0.29, 0.717) is 37.0 Å². The zero-order valence-electron chi connectivity index (χ0n) is 14.4. The molecule has 7 nitrogen and oxygen atoms in total. The van der Waals surface area contributed by atoms with Gasteiger partial charge in [0.2, 0.25) is 11.8 Å². The van der Waals surface area contributed by atoms with Crippen LogP contribution in [0.4, 0.5) is 0 Å². The van der Waals surface area contributed by atoms with Crippen LogP contribution in [-0.2, 0) is 9.53 Å². The van der Waals surface area contributed by atoms with Crippen molar-refractivity contribution in [1.82, 2.24) is 15.1 Å². The first-order valence-corrected chi connectivity index (χ1v) is 8.45. The Morgan fingerprint density at radius 2 is 2.04 bits per heavy atom. The summed E-state index contributed by atoms with van der Waals surface area (Å²) in [6, 6.07) is 7.05. The Kier molecular flexibility index (Phi) is 5.11.